The summed E-state index contributed by atoms with van der Waals surface area (Å²) >= 11 is 0. The number of amides is 2. The van der Waals surface area contributed by atoms with Crippen molar-refractivity contribution in [1.82, 2.24) is 10.6 Å². The summed E-state index contributed by atoms with van der Waals surface area (Å²) in [5, 5.41) is 5.13. The first-order chi connectivity index (χ1) is 19.2. The first-order valence-corrected chi connectivity index (χ1v) is 13.6. The highest BCUT2D eigenvalue weighted by Gasteiger charge is 2.30. The molecule has 2 aromatic rings. The SMILES string of the molecule is CC(C)(C)OC(=O)N[C@@H](CCC[C@H](NC(=O)OCc1ccccc1)C(=O)OCc1ccccc1)C(=O)OC(C)(C)C. The largest absolute Gasteiger partial charge is 0.459 e. The van der Waals surface area contributed by atoms with Gasteiger partial charge in [-0.05, 0) is 71.9 Å². The first-order valence-electron chi connectivity index (χ1n) is 13.6. The molecule has 0 aliphatic heterocycles. The third-order valence-corrected chi connectivity index (χ3v) is 5.38. The second-order valence-corrected chi connectivity index (χ2v) is 11.5. The van der Waals surface area contributed by atoms with Crippen LogP contribution in [0, 0.1) is 0 Å². The maximum absolute atomic E-state index is 13.0. The molecule has 2 aromatic carbocycles. The molecule has 41 heavy (non-hydrogen) atoms. The predicted octanol–water partition coefficient (Wildman–Crippen LogP) is 5.43. The van der Waals surface area contributed by atoms with Crippen LogP contribution in [0.1, 0.15) is 71.9 Å². The van der Waals surface area contributed by atoms with Gasteiger partial charge < -0.3 is 29.6 Å². The minimum Gasteiger partial charge on any atom is -0.459 e. The molecule has 0 unspecified atom stereocenters. The van der Waals surface area contributed by atoms with Gasteiger partial charge in [0, 0.05) is 0 Å². The maximum atomic E-state index is 13.0. The molecule has 0 saturated heterocycles. The highest BCUT2D eigenvalue weighted by molar-refractivity contribution is 5.82. The summed E-state index contributed by atoms with van der Waals surface area (Å²) in [6, 6.07) is 16.2. The van der Waals surface area contributed by atoms with E-state index in [4.69, 9.17) is 18.9 Å². The van der Waals surface area contributed by atoms with Crippen LogP contribution in [-0.4, -0.2) is 47.4 Å². The van der Waals surface area contributed by atoms with Gasteiger partial charge in [-0.1, -0.05) is 60.7 Å². The lowest BCUT2D eigenvalue weighted by Gasteiger charge is -2.26. The Labute approximate surface area is 242 Å². The van der Waals surface area contributed by atoms with Gasteiger partial charge >= 0.3 is 24.1 Å². The fraction of sp³-hybridized carbons (Fsp3) is 0.484. The minimum absolute atomic E-state index is 0.0254. The van der Waals surface area contributed by atoms with E-state index in [1.54, 1.807) is 41.5 Å². The number of ether oxygens (including phenoxy) is 4. The summed E-state index contributed by atoms with van der Waals surface area (Å²) in [5.41, 5.74) is 0.0380. The molecule has 2 N–H and O–H groups in total. The quantitative estimate of drug-likeness (QED) is 0.255. The second kappa shape index (κ2) is 15.6. The average Bonchev–Trinajstić information content (AvgIpc) is 2.88. The number of alkyl carbamates (subject to hydrolysis) is 2. The maximum Gasteiger partial charge on any atom is 0.408 e. The Hall–Kier alpha value is -4.08. The van der Waals surface area contributed by atoms with Gasteiger partial charge in [0.25, 0.3) is 0 Å². The fourth-order valence-electron chi connectivity index (χ4n) is 3.58. The van der Waals surface area contributed by atoms with Crippen LogP contribution in [0.2, 0.25) is 0 Å². The third kappa shape index (κ3) is 14.2. The van der Waals surface area contributed by atoms with Crippen LogP contribution in [0.3, 0.4) is 0 Å². The second-order valence-electron chi connectivity index (χ2n) is 11.5. The number of carbonyl (C=O) groups is 4. The molecule has 224 valence electrons. The average molecular weight is 571 g/mol. The van der Waals surface area contributed by atoms with Crippen molar-refractivity contribution in [2.75, 3.05) is 0 Å². The zero-order chi connectivity index (χ0) is 30.5. The number of carbonyl (C=O) groups excluding carboxylic acids is 4. The molecule has 0 bridgehead atoms. The van der Waals surface area contributed by atoms with Crippen LogP contribution >= 0.6 is 0 Å². The number of nitrogens with one attached hydrogen (secondary N) is 2. The van der Waals surface area contributed by atoms with E-state index >= 15 is 0 Å². The van der Waals surface area contributed by atoms with Gasteiger partial charge in [-0.15, -0.1) is 0 Å². The van der Waals surface area contributed by atoms with Crippen molar-refractivity contribution < 1.29 is 38.1 Å². The van der Waals surface area contributed by atoms with E-state index < -0.39 is 47.4 Å². The number of hydrogen-bond donors (Lipinski definition) is 2. The Kier molecular flexibility index (Phi) is 12.6. The van der Waals surface area contributed by atoms with Crippen molar-refractivity contribution in [3.8, 4) is 0 Å². The molecule has 2 rings (SSSR count). The molecule has 0 heterocycles. The lowest BCUT2D eigenvalue weighted by molar-refractivity contribution is -0.157. The number of benzene rings is 2. The van der Waals surface area contributed by atoms with Gasteiger partial charge in [0.2, 0.25) is 0 Å². The number of esters is 2. The van der Waals surface area contributed by atoms with Crippen molar-refractivity contribution >= 4 is 24.1 Å². The van der Waals surface area contributed by atoms with Crippen molar-refractivity contribution in [2.24, 2.45) is 0 Å². The molecule has 2 amide bonds. The molecule has 0 radical (unpaired) electrons. The van der Waals surface area contributed by atoms with Crippen LogP contribution in [0.5, 0.6) is 0 Å². The monoisotopic (exact) mass is 570 g/mol. The summed E-state index contributed by atoms with van der Waals surface area (Å²) in [6.07, 6.45) is -1.06. The van der Waals surface area contributed by atoms with E-state index in [9.17, 15) is 19.2 Å². The Morgan fingerprint density at radius 1 is 0.610 bits per heavy atom. The Morgan fingerprint density at radius 2 is 1.05 bits per heavy atom. The van der Waals surface area contributed by atoms with E-state index in [0.29, 0.717) is 0 Å². The van der Waals surface area contributed by atoms with Crippen molar-refractivity contribution in [3.05, 3.63) is 71.8 Å². The van der Waals surface area contributed by atoms with E-state index in [-0.39, 0.29) is 32.5 Å². The summed E-state index contributed by atoms with van der Waals surface area (Å²) in [4.78, 5) is 50.8. The Morgan fingerprint density at radius 3 is 1.54 bits per heavy atom. The van der Waals surface area contributed by atoms with Crippen LogP contribution < -0.4 is 10.6 Å². The summed E-state index contributed by atoms with van der Waals surface area (Å²) in [5.74, 6) is -1.29. The molecule has 0 saturated carbocycles. The highest BCUT2D eigenvalue weighted by Crippen LogP contribution is 2.15. The molecule has 10 nitrogen and oxygen atoms in total. The molecule has 0 spiro atoms. The zero-order valence-corrected chi connectivity index (χ0v) is 24.7. The molecule has 0 aromatic heterocycles. The zero-order valence-electron chi connectivity index (χ0n) is 24.7. The van der Waals surface area contributed by atoms with E-state index in [1.807, 2.05) is 60.7 Å². The lowest BCUT2D eigenvalue weighted by Crippen LogP contribution is -2.46. The first kappa shape index (κ1) is 33.1. The Balaban J connectivity index is 2.07. The van der Waals surface area contributed by atoms with E-state index in [1.165, 1.54) is 0 Å². The van der Waals surface area contributed by atoms with Gasteiger partial charge in [0.15, 0.2) is 0 Å². The summed E-state index contributed by atoms with van der Waals surface area (Å²) in [7, 11) is 0. The highest BCUT2D eigenvalue weighted by atomic mass is 16.6. The fourth-order valence-corrected chi connectivity index (χ4v) is 3.58. The van der Waals surface area contributed by atoms with Crippen LogP contribution in [0.25, 0.3) is 0 Å². The lowest BCUT2D eigenvalue weighted by atomic mass is 10.0. The van der Waals surface area contributed by atoms with Crippen molar-refractivity contribution in [1.29, 1.82) is 0 Å². The van der Waals surface area contributed by atoms with Crippen LogP contribution in [0.4, 0.5) is 9.59 Å². The summed E-state index contributed by atoms with van der Waals surface area (Å²) < 4.78 is 21.5. The third-order valence-electron chi connectivity index (χ3n) is 5.38. The van der Waals surface area contributed by atoms with Gasteiger partial charge in [0.1, 0.15) is 36.5 Å². The standard InChI is InChI=1S/C31H42N2O8/c1-30(2,3)40-27(35)25(33-29(37)41-31(4,5)6)19-13-18-24(26(34)38-20-22-14-9-7-10-15-22)32-28(36)39-21-23-16-11-8-12-17-23/h7-12,14-17,24-25H,13,18-21H2,1-6H3,(H,32,36)(H,33,37)/t24-,25-/m0/s1. The van der Waals surface area contributed by atoms with Gasteiger partial charge in [0.05, 0.1) is 0 Å². The molecule has 2 atom stereocenters. The summed E-state index contributed by atoms with van der Waals surface area (Å²) in [6.45, 7) is 10.4. The molecule has 0 fully saturated rings. The van der Waals surface area contributed by atoms with Gasteiger partial charge in [-0.3, -0.25) is 0 Å². The van der Waals surface area contributed by atoms with Gasteiger partial charge in [-0.2, -0.15) is 0 Å². The van der Waals surface area contributed by atoms with Crippen molar-refractivity contribution in [3.63, 3.8) is 0 Å². The number of hydrogen-bond acceptors (Lipinski definition) is 8. The van der Waals surface area contributed by atoms with Crippen LogP contribution in [-0.2, 0) is 41.8 Å². The topological polar surface area (TPSA) is 129 Å². The van der Waals surface area contributed by atoms with Gasteiger partial charge in [-0.25, -0.2) is 19.2 Å². The number of rotatable bonds is 12. The Bertz CT molecular complexity index is 1120. The molecular weight excluding hydrogens is 528 g/mol. The molecule has 0 aliphatic carbocycles. The molecular formula is C31H42N2O8. The predicted molar refractivity (Wildman–Crippen MR) is 153 cm³/mol. The molecule has 0 aliphatic rings. The van der Waals surface area contributed by atoms with E-state index in [2.05, 4.69) is 10.6 Å². The van der Waals surface area contributed by atoms with Crippen LogP contribution in [0.15, 0.2) is 60.7 Å². The minimum atomic E-state index is -1.05. The smallest absolute Gasteiger partial charge is 0.408 e. The molecule has 10 heteroatoms. The van der Waals surface area contributed by atoms with Crippen molar-refractivity contribution in [2.45, 2.75) is 97.3 Å². The van der Waals surface area contributed by atoms with E-state index in [0.717, 1.165) is 11.1 Å². The normalized spacial score (nSPS) is 12.8.